The highest BCUT2D eigenvalue weighted by Crippen LogP contribution is 2.35. The Morgan fingerprint density at radius 2 is 1.88 bits per heavy atom. The van der Waals surface area contributed by atoms with Crippen LogP contribution in [0.3, 0.4) is 0 Å². The monoisotopic (exact) mass is 533 g/mol. The number of hydrogen-bond donors (Lipinski definition) is 1. The molecule has 2 aromatic heterocycles. The lowest BCUT2D eigenvalue weighted by molar-refractivity contribution is 0.457. The highest BCUT2D eigenvalue weighted by molar-refractivity contribution is 9.10. The second-order valence-corrected chi connectivity index (χ2v) is 11.4. The lowest BCUT2D eigenvalue weighted by Gasteiger charge is -2.29. The second kappa shape index (κ2) is 9.50. The fraction of sp³-hybridized carbons (Fsp3) is 0.250. The summed E-state index contributed by atoms with van der Waals surface area (Å²) in [5.74, 6) is -0.874. The number of fused-ring (bicyclic) bond motifs is 1. The molecule has 0 saturated carbocycles. The van der Waals surface area contributed by atoms with Crippen LogP contribution in [-0.2, 0) is 17.8 Å². The average molecular weight is 534 g/mol. The number of pyridine rings is 1. The van der Waals surface area contributed by atoms with Gasteiger partial charge in [-0.15, -0.1) is 4.72 Å². The van der Waals surface area contributed by atoms with E-state index in [-0.39, 0.29) is 12.1 Å². The van der Waals surface area contributed by atoms with Crippen LogP contribution in [0, 0.1) is 11.6 Å². The van der Waals surface area contributed by atoms with Crippen molar-refractivity contribution < 1.29 is 17.9 Å². The zero-order chi connectivity index (χ0) is 23.8. The SMILES string of the molecule is CC(C)(C)[S@+]([O-])N[C@@H](Cc1nc(Br)ccc1F)c1ccccc1-c1noc2cc(F)ccc12. The maximum Gasteiger partial charge on any atom is 0.170 e. The Morgan fingerprint density at radius 3 is 2.64 bits per heavy atom. The molecule has 0 saturated heterocycles. The molecule has 4 aromatic rings. The van der Waals surface area contributed by atoms with E-state index in [0.29, 0.717) is 26.8 Å². The maximum absolute atomic E-state index is 14.6. The molecule has 1 N–H and O–H groups in total. The van der Waals surface area contributed by atoms with E-state index in [1.54, 1.807) is 6.07 Å². The van der Waals surface area contributed by atoms with Crippen molar-refractivity contribution in [2.75, 3.05) is 0 Å². The van der Waals surface area contributed by atoms with Crippen LogP contribution >= 0.6 is 15.9 Å². The van der Waals surface area contributed by atoms with Crippen molar-refractivity contribution in [1.29, 1.82) is 0 Å². The van der Waals surface area contributed by atoms with E-state index < -0.39 is 33.8 Å². The number of rotatable bonds is 6. The molecule has 0 radical (unpaired) electrons. The Bertz CT molecular complexity index is 1290. The minimum absolute atomic E-state index is 0.147. The number of nitrogens with zero attached hydrogens (tertiary/aromatic N) is 2. The molecular weight excluding hydrogens is 512 g/mol. The highest BCUT2D eigenvalue weighted by atomic mass is 79.9. The zero-order valence-corrected chi connectivity index (χ0v) is 20.6. The van der Waals surface area contributed by atoms with Crippen molar-refractivity contribution in [3.8, 4) is 11.3 Å². The van der Waals surface area contributed by atoms with E-state index in [4.69, 9.17) is 4.52 Å². The number of halogens is 3. The van der Waals surface area contributed by atoms with E-state index in [9.17, 15) is 13.3 Å². The summed E-state index contributed by atoms with van der Waals surface area (Å²) in [7, 11) is 0. The molecule has 4 rings (SSSR count). The van der Waals surface area contributed by atoms with Gasteiger partial charge in [0, 0.05) is 34.8 Å². The van der Waals surface area contributed by atoms with Crippen LogP contribution in [0.15, 0.2) is 63.7 Å². The quantitative estimate of drug-likeness (QED) is 0.233. The third-order valence-corrected chi connectivity index (χ3v) is 7.17. The van der Waals surface area contributed by atoms with Crippen LogP contribution in [0.4, 0.5) is 8.78 Å². The fourth-order valence-electron chi connectivity index (χ4n) is 3.44. The van der Waals surface area contributed by atoms with Crippen LogP contribution < -0.4 is 4.72 Å². The highest BCUT2D eigenvalue weighted by Gasteiger charge is 2.32. The number of hydrogen-bond acceptors (Lipinski definition) is 5. The Labute approximate surface area is 202 Å². The molecule has 2 aromatic carbocycles. The Balaban J connectivity index is 1.82. The molecular formula is C24H22BrF2N3O2S. The molecule has 0 fully saturated rings. The zero-order valence-electron chi connectivity index (χ0n) is 18.2. The molecule has 5 nitrogen and oxygen atoms in total. The molecule has 0 bridgehead atoms. The van der Waals surface area contributed by atoms with Gasteiger partial charge in [0.05, 0.1) is 11.7 Å². The predicted molar refractivity (Wildman–Crippen MR) is 129 cm³/mol. The first-order valence-corrected chi connectivity index (χ1v) is 12.2. The molecule has 2 heterocycles. The van der Waals surface area contributed by atoms with Gasteiger partial charge in [0.25, 0.3) is 0 Å². The van der Waals surface area contributed by atoms with Gasteiger partial charge >= 0.3 is 0 Å². The molecule has 9 heteroatoms. The summed E-state index contributed by atoms with van der Waals surface area (Å²) >= 11 is 1.85. The van der Waals surface area contributed by atoms with Gasteiger partial charge < -0.3 is 9.08 Å². The largest absolute Gasteiger partial charge is 0.598 e. The van der Waals surface area contributed by atoms with E-state index >= 15 is 0 Å². The van der Waals surface area contributed by atoms with Crippen molar-refractivity contribution in [2.24, 2.45) is 0 Å². The fourth-order valence-corrected chi connectivity index (χ4v) is 4.61. The summed E-state index contributed by atoms with van der Waals surface area (Å²) in [6.07, 6.45) is 0.147. The molecule has 33 heavy (non-hydrogen) atoms. The van der Waals surface area contributed by atoms with Crippen LogP contribution in [0.1, 0.15) is 38.1 Å². The van der Waals surface area contributed by atoms with Crippen molar-refractivity contribution in [3.63, 3.8) is 0 Å². The molecule has 172 valence electrons. The standard InChI is InChI=1S/C24H22BrF2N3O2S/c1-24(2,3)33(31)30-19(13-20-18(27)10-11-22(25)28-20)15-6-4-5-7-16(15)23-17-9-8-14(26)12-21(17)32-29-23/h4-12,19,30H,13H2,1-3H3/t19-,33-/m0/s1. The number of benzene rings is 2. The number of nitrogens with one attached hydrogen (secondary N) is 1. The number of aromatic nitrogens is 2. The average Bonchev–Trinajstić information content (AvgIpc) is 3.18. The molecule has 0 aliphatic carbocycles. The molecule has 2 atom stereocenters. The Morgan fingerprint density at radius 1 is 1.12 bits per heavy atom. The molecule has 0 aliphatic rings. The molecule has 0 unspecified atom stereocenters. The van der Waals surface area contributed by atoms with E-state index in [1.807, 2.05) is 45.0 Å². The van der Waals surface area contributed by atoms with Crippen LogP contribution in [-0.4, -0.2) is 19.4 Å². The van der Waals surface area contributed by atoms with Gasteiger partial charge in [-0.1, -0.05) is 29.4 Å². The molecule has 0 spiro atoms. The normalized spacial score (nSPS) is 13.9. The first-order chi connectivity index (χ1) is 15.6. The minimum Gasteiger partial charge on any atom is -0.598 e. The summed E-state index contributed by atoms with van der Waals surface area (Å²) in [4.78, 5) is 4.29. The van der Waals surface area contributed by atoms with Crippen molar-refractivity contribution >= 4 is 38.3 Å². The first kappa shape index (κ1) is 23.8. The van der Waals surface area contributed by atoms with Gasteiger partial charge in [0.2, 0.25) is 0 Å². The molecule has 0 aliphatic heterocycles. The van der Waals surface area contributed by atoms with Crippen molar-refractivity contribution in [1.82, 2.24) is 14.9 Å². The van der Waals surface area contributed by atoms with E-state index in [1.165, 1.54) is 24.3 Å². The second-order valence-electron chi connectivity index (χ2n) is 8.58. The lowest BCUT2D eigenvalue weighted by atomic mass is 9.94. The smallest absolute Gasteiger partial charge is 0.170 e. The molecule has 0 amide bonds. The summed E-state index contributed by atoms with van der Waals surface area (Å²) < 4.78 is 49.8. The van der Waals surface area contributed by atoms with Gasteiger partial charge in [-0.3, -0.25) is 0 Å². The third-order valence-electron chi connectivity index (χ3n) is 5.11. The van der Waals surface area contributed by atoms with E-state index in [2.05, 4.69) is 30.8 Å². The lowest BCUT2D eigenvalue weighted by Crippen LogP contribution is -2.42. The van der Waals surface area contributed by atoms with Gasteiger partial charge in [-0.25, -0.2) is 13.8 Å². The van der Waals surface area contributed by atoms with Gasteiger partial charge in [-0.05, 0) is 66.5 Å². The summed E-state index contributed by atoms with van der Waals surface area (Å²) in [6.45, 7) is 5.57. The summed E-state index contributed by atoms with van der Waals surface area (Å²) in [5.41, 5.74) is 2.53. The van der Waals surface area contributed by atoms with E-state index in [0.717, 1.165) is 5.56 Å². The van der Waals surface area contributed by atoms with Gasteiger partial charge in [-0.2, -0.15) is 0 Å². The predicted octanol–water partition coefficient (Wildman–Crippen LogP) is 6.27. The maximum atomic E-state index is 14.6. The topological polar surface area (TPSA) is 74.0 Å². The Kier molecular flexibility index (Phi) is 6.86. The third kappa shape index (κ3) is 5.27. The first-order valence-electron chi connectivity index (χ1n) is 10.3. The Hall–Kier alpha value is -2.33. The summed E-state index contributed by atoms with van der Waals surface area (Å²) in [5, 5.41) is 4.82. The van der Waals surface area contributed by atoms with Crippen LogP contribution in [0.25, 0.3) is 22.2 Å². The summed E-state index contributed by atoms with van der Waals surface area (Å²) in [6, 6.07) is 14.0. The van der Waals surface area contributed by atoms with Crippen LogP contribution in [0.2, 0.25) is 0 Å². The van der Waals surface area contributed by atoms with Gasteiger partial charge in [0.15, 0.2) is 5.58 Å². The van der Waals surface area contributed by atoms with Gasteiger partial charge in [0.1, 0.15) is 26.7 Å². The van der Waals surface area contributed by atoms with Crippen LogP contribution in [0.5, 0.6) is 0 Å². The van der Waals surface area contributed by atoms with Crippen molar-refractivity contribution in [2.45, 2.75) is 38.0 Å². The minimum atomic E-state index is -1.44. The van der Waals surface area contributed by atoms with Crippen molar-refractivity contribution in [3.05, 3.63) is 82.1 Å².